The average molecular weight is 425 g/mol. The number of nitrogens with two attached hydrogens (primary N) is 1. The van der Waals surface area contributed by atoms with Gasteiger partial charge in [0.2, 0.25) is 0 Å². The molecule has 3 heterocycles. The Morgan fingerprint density at radius 3 is 2.78 bits per heavy atom. The number of hydrogen-bond acceptors (Lipinski definition) is 5. The number of benzene rings is 2. The van der Waals surface area contributed by atoms with Crippen molar-refractivity contribution in [2.24, 2.45) is 5.92 Å². The molecule has 32 heavy (non-hydrogen) atoms. The number of aldehydes is 1. The lowest BCUT2D eigenvalue weighted by molar-refractivity contribution is -0.113. The Morgan fingerprint density at radius 1 is 1.12 bits per heavy atom. The summed E-state index contributed by atoms with van der Waals surface area (Å²) >= 11 is 0. The molecule has 1 aliphatic heterocycles. The normalized spacial score (nSPS) is 22.1. The van der Waals surface area contributed by atoms with Crippen LogP contribution in [0.3, 0.4) is 0 Å². The van der Waals surface area contributed by atoms with Gasteiger partial charge in [0.1, 0.15) is 41.0 Å². The van der Waals surface area contributed by atoms with E-state index in [1.807, 2.05) is 16.7 Å². The van der Waals surface area contributed by atoms with Gasteiger partial charge < -0.3 is 15.3 Å². The van der Waals surface area contributed by atoms with E-state index >= 15 is 0 Å². The Balaban J connectivity index is 1.40. The fourth-order valence-corrected chi connectivity index (χ4v) is 4.98. The Labute approximate surface area is 186 Å². The fraction of sp³-hybridized carbons (Fsp3) is 0.269. The molecule has 160 valence electrons. The van der Waals surface area contributed by atoms with Crippen LogP contribution in [0.2, 0.25) is 0 Å². The SMILES string of the molecule is Nc1nccn2c(C3CC(C=O)C3)nc(-c3ccc4c(c3)OC(c3ccccc3)CC4)c12. The van der Waals surface area contributed by atoms with Crippen LogP contribution in [0.5, 0.6) is 5.75 Å². The van der Waals surface area contributed by atoms with Gasteiger partial charge in [-0.1, -0.05) is 42.5 Å². The van der Waals surface area contributed by atoms with Crippen LogP contribution in [0.25, 0.3) is 16.8 Å². The van der Waals surface area contributed by atoms with E-state index in [0.717, 1.165) is 60.3 Å². The number of carbonyl (C=O) groups is 1. The minimum absolute atomic E-state index is 0.0511. The van der Waals surface area contributed by atoms with Gasteiger partial charge in [0, 0.05) is 29.8 Å². The Bertz CT molecular complexity index is 1310. The number of nitrogens with zero attached hydrogens (tertiary/aromatic N) is 3. The second kappa shape index (κ2) is 7.48. The number of fused-ring (bicyclic) bond motifs is 2. The van der Waals surface area contributed by atoms with Crippen LogP contribution in [0.4, 0.5) is 5.82 Å². The maximum atomic E-state index is 11.1. The fourth-order valence-electron chi connectivity index (χ4n) is 4.98. The highest BCUT2D eigenvalue weighted by Crippen LogP contribution is 2.43. The molecule has 1 aliphatic carbocycles. The topological polar surface area (TPSA) is 82.5 Å². The van der Waals surface area contributed by atoms with Crippen LogP contribution in [0.1, 0.15) is 48.2 Å². The standard InChI is InChI=1S/C26H24N4O2/c27-25-24-23(29-26(30(24)11-10-28-25)20-12-16(13-20)15-31)19-7-6-18-8-9-21(32-22(18)14-19)17-4-2-1-3-5-17/h1-7,10-11,14-16,20-21H,8-9,12-13H2,(H2,27,28). The van der Waals surface area contributed by atoms with Gasteiger partial charge >= 0.3 is 0 Å². The molecule has 2 N–H and O–H groups in total. The van der Waals surface area contributed by atoms with E-state index in [0.29, 0.717) is 5.82 Å². The number of aromatic nitrogens is 3. The highest BCUT2D eigenvalue weighted by molar-refractivity contribution is 5.86. The molecule has 1 saturated carbocycles. The van der Waals surface area contributed by atoms with Crippen molar-refractivity contribution < 1.29 is 9.53 Å². The summed E-state index contributed by atoms with van der Waals surface area (Å²) in [5, 5.41) is 0. The molecule has 0 bridgehead atoms. The van der Waals surface area contributed by atoms with Crippen molar-refractivity contribution in [3.63, 3.8) is 0 Å². The smallest absolute Gasteiger partial charge is 0.150 e. The molecule has 6 heteroatoms. The van der Waals surface area contributed by atoms with Gasteiger partial charge in [-0.05, 0) is 42.9 Å². The van der Waals surface area contributed by atoms with Crippen LogP contribution >= 0.6 is 0 Å². The Morgan fingerprint density at radius 2 is 1.97 bits per heavy atom. The number of carbonyl (C=O) groups excluding carboxylic acids is 1. The Kier molecular flexibility index (Phi) is 4.45. The van der Waals surface area contributed by atoms with Crippen LogP contribution in [-0.2, 0) is 11.2 Å². The average Bonchev–Trinajstić information content (AvgIpc) is 3.19. The quantitative estimate of drug-likeness (QED) is 0.479. The summed E-state index contributed by atoms with van der Waals surface area (Å²) in [7, 11) is 0. The lowest BCUT2D eigenvalue weighted by Gasteiger charge is -2.30. The van der Waals surface area contributed by atoms with Crippen molar-refractivity contribution in [2.75, 3.05) is 5.73 Å². The van der Waals surface area contributed by atoms with Crippen LogP contribution < -0.4 is 10.5 Å². The zero-order chi connectivity index (χ0) is 21.7. The van der Waals surface area contributed by atoms with Crippen LogP contribution in [-0.4, -0.2) is 20.7 Å². The number of hydrogen-bond donors (Lipinski definition) is 1. The minimum atomic E-state index is 0.0511. The molecule has 2 aromatic carbocycles. The van der Waals surface area contributed by atoms with Gasteiger partial charge in [0.15, 0.2) is 0 Å². The Hall–Kier alpha value is -3.67. The molecule has 0 spiro atoms. The molecular weight excluding hydrogens is 400 g/mol. The van der Waals surface area contributed by atoms with E-state index in [1.165, 1.54) is 11.1 Å². The van der Waals surface area contributed by atoms with Crippen molar-refractivity contribution in [1.29, 1.82) is 0 Å². The molecule has 0 radical (unpaired) electrons. The molecular formula is C26H24N4O2. The highest BCUT2D eigenvalue weighted by atomic mass is 16.5. The molecule has 6 nitrogen and oxygen atoms in total. The third kappa shape index (κ3) is 3.06. The first-order valence-electron chi connectivity index (χ1n) is 11.1. The largest absolute Gasteiger partial charge is 0.485 e. The first kappa shape index (κ1) is 19.0. The lowest BCUT2D eigenvalue weighted by atomic mass is 9.75. The van der Waals surface area contributed by atoms with Crippen molar-refractivity contribution in [3.05, 3.63) is 77.9 Å². The highest BCUT2D eigenvalue weighted by Gasteiger charge is 2.34. The minimum Gasteiger partial charge on any atom is -0.485 e. The predicted octanol–water partition coefficient (Wildman–Crippen LogP) is 4.74. The lowest BCUT2D eigenvalue weighted by Crippen LogP contribution is -2.24. The molecule has 1 unspecified atom stereocenters. The molecule has 1 fully saturated rings. The molecule has 6 rings (SSSR count). The molecule has 4 aromatic rings. The molecule has 0 amide bonds. The van der Waals surface area contributed by atoms with Gasteiger partial charge in [0.05, 0.1) is 0 Å². The van der Waals surface area contributed by atoms with Gasteiger partial charge in [0.25, 0.3) is 0 Å². The van der Waals surface area contributed by atoms with E-state index < -0.39 is 0 Å². The summed E-state index contributed by atoms with van der Waals surface area (Å²) in [6, 6.07) is 16.7. The first-order valence-corrected chi connectivity index (χ1v) is 11.1. The van der Waals surface area contributed by atoms with Gasteiger partial charge in [-0.3, -0.25) is 4.40 Å². The second-order valence-electron chi connectivity index (χ2n) is 8.79. The van der Waals surface area contributed by atoms with E-state index in [9.17, 15) is 4.79 Å². The number of rotatable bonds is 4. The van der Waals surface area contributed by atoms with Crippen molar-refractivity contribution in [3.8, 4) is 17.0 Å². The zero-order valence-electron chi connectivity index (χ0n) is 17.6. The summed E-state index contributed by atoms with van der Waals surface area (Å²) in [5.74, 6) is 2.68. The first-order chi connectivity index (χ1) is 15.7. The van der Waals surface area contributed by atoms with Crippen molar-refractivity contribution >= 4 is 17.6 Å². The van der Waals surface area contributed by atoms with E-state index in [-0.39, 0.29) is 17.9 Å². The maximum Gasteiger partial charge on any atom is 0.150 e. The molecule has 2 aliphatic rings. The summed E-state index contributed by atoms with van der Waals surface area (Å²) in [4.78, 5) is 20.4. The van der Waals surface area contributed by atoms with Gasteiger partial charge in [-0.25, -0.2) is 9.97 Å². The van der Waals surface area contributed by atoms with Gasteiger partial charge in [-0.2, -0.15) is 0 Å². The second-order valence-corrected chi connectivity index (χ2v) is 8.79. The molecule has 1 atom stereocenters. The van der Waals surface area contributed by atoms with Crippen molar-refractivity contribution in [1.82, 2.24) is 14.4 Å². The summed E-state index contributed by atoms with van der Waals surface area (Å²) in [6.07, 6.45) is 8.31. The van der Waals surface area contributed by atoms with E-state index in [1.54, 1.807) is 6.20 Å². The summed E-state index contributed by atoms with van der Waals surface area (Å²) < 4.78 is 8.46. The third-order valence-electron chi connectivity index (χ3n) is 6.80. The number of nitrogen functional groups attached to an aromatic ring is 1. The van der Waals surface area contributed by atoms with E-state index in [4.69, 9.17) is 15.5 Å². The van der Waals surface area contributed by atoms with E-state index in [2.05, 4.69) is 47.4 Å². The molecule has 2 aromatic heterocycles. The molecule has 0 saturated heterocycles. The van der Waals surface area contributed by atoms with Crippen LogP contribution in [0.15, 0.2) is 60.9 Å². The summed E-state index contributed by atoms with van der Waals surface area (Å²) in [6.45, 7) is 0. The predicted molar refractivity (Wildman–Crippen MR) is 122 cm³/mol. The third-order valence-corrected chi connectivity index (χ3v) is 6.80. The van der Waals surface area contributed by atoms with Crippen molar-refractivity contribution in [2.45, 2.75) is 37.7 Å². The van der Waals surface area contributed by atoms with Crippen LogP contribution in [0, 0.1) is 5.92 Å². The monoisotopic (exact) mass is 424 g/mol. The zero-order valence-corrected chi connectivity index (χ0v) is 17.6. The number of ether oxygens (including phenoxy) is 1. The number of anilines is 1. The summed E-state index contributed by atoms with van der Waals surface area (Å²) in [5.41, 5.74) is 11.3. The number of aryl methyl sites for hydroxylation is 1. The number of imidazole rings is 1. The maximum absolute atomic E-state index is 11.1. The van der Waals surface area contributed by atoms with Gasteiger partial charge in [-0.15, -0.1) is 0 Å².